The van der Waals surface area contributed by atoms with E-state index in [2.05, 4.69) is 14.4 Å². The van der Waals surface area contributed by atoms with Crippen LogP contribution in [-0.2, 0) is 10.0 Å². The second-order valence-electron chi connectivity index (χ2n) is 8.93. The van der Waals surface area contributed by atoms with Crippen molar-refractivity contribution in [1.29, 1.82) is 0 Å². The van der Waals surface area contributed by atoms with Crippen LogP contribution in [0.1, 0.15) is 0 Å². The molecular weight excluding hydrogens is 527 g/mol. The van der Waals surface area contributed by atoms with E-state index in [1.807, 2.05) is 60.5 Å². The number of sulfonamides is 1. The number of hydrogen-bond acceptors (Lipinski definition) is 7. The van der Waals surface area contributed by atoms with E-state index in [1.165, 1.54) is 0 Å². The molecule has 2 N–H and O–H groups in total. The number of ether oxygens (including phenoxy) is 1. The van der Waals surface area contributed by atoms with E-state index in [4.69, 9.17) is 0 Å². The normalized spacial score (nSPS) is 22.3. The van der Waals surface area contributed by atoms with Crippen LogP contribution in [0.5, 0.6) is 5.75 Å². The van der Waals surface area contributed by atoms with Crippen molar-refractivity contribution < 1.29 is 31.4 Å². The molecule has 3 aromatic rings. The van der Waals surface area contributed by atoms with E-state index < -0.39 is 40.3 Å². The largest absolute Gasteiger partial charge is 0.573 e. The molecule has 2 aliphatic heterocycles. The zero-order chi connectivity index (χ0) is 26.4. The molecule has 3 atom stereocenters. The third-order valence-corrected chi connectivity index (χ3v) is 8.92. The van der Waals surface area contributed by atoms with Gasteiger partial charge in [0.1, 0.15) is 5.75 Å². The molecule has 7 nitrogen and oxygen atoms in total. The second kappa shape index (κ2) is 9.84. The van der Waals surface area contributed by atoms with Crippen molar-refractivity contribution >= 4 is 33.2 Å². The number of hydrogen-bond donors (Lipinski definition) is 2. The minimum absolute atomic E-state index is 0.232. The summed E-state index contributed by atoms with van der Waals surface area (Å²) in [5.41, 5.74) is 1.85. The summed E-state index contributed by atoms with van der Waals surface area (Å²) in [6, 6.07) is 18.3. The van der Waals surface area contributed by atoms with Gasteiger partial charge in [-0.2, -0.15) is 0 Å². The fourth-order valence-corrected chi connectivity index (χ4v) is 7.05. The fraction of sp³-hybridized carbons (Fsp3) is 0.280. The summed E-state index contributed by atoms with van der Waals surface area (Å²) in [5.74, 6) is -0.524. The maximum absolute atomic E-state index is 13.1. The van der Waals surface area contributed by atoms with Crippen LogP contribution in [0, 0.1) is 0 Å². The summed E-state index contributed by atoms with van der Waals surface area (Å²) in [7, 11) is -2.30. The number of aliphatic hydroxyl groups excluding tert-OH is 1. The molecule has 0 aliphatic carbocycles. The first-order valence-corrected chi connectivity index (χ1v) is 13.7. The van der Waals surface area contributed by atoms with Crippen LogP contribution in [0.15, 0.2) is 87.5 Å². The molecule has 37 heavy (non-hydrogen) atoms. The number of halogens is 3. The molecule has 2 heterocycles. The molecule has 0 amide bonds. The topological polar surface area (TPSA) is 82.1 Å². The third kappa shape index (κ3) is 5.43. The number of fused-ring (bicyclic) bond motifs is 2. The van der Waals surface area contributed by atoms with Crippen LogP contribution in [0.2, 0.25) is 0 Å². The van der Waals surface area contributed by atoms with E-state index in [0.717, 1.165) is 45.4 Å². The average Bonchev–Trinajstić information content (AvgIpc) is 2.84. The summed E-state index contributed by atoms with van der Waals surface area (Å²) in [5, 5.41) is 11.5. The molecule has 1 fully saturated rings. The standard InChI is InChI=1S/C25H24F3N3O4S2/c1-30-14-18(29-37(33,34)17-12-10-16(11-13-17)35-25(26,27)28)24(32)21(15-30)31-19-6-2-4-8-22(19)36-23-9-5-3-7-20(23)31/h2-13,18,21,24,29,32H,14-15H2,1H3/t18-,21+,24+/m1/s1. The number of alkyl halides is 3. The van der Waals surface area contributed by atoms with Crippen LogP contribution in [0.3, 0.4) is 0 Å². The van der Waals surface area contributed by atoms with Crippen molar-refractivity contribution in [1.82, 2.24) is 9.62 Å². The maximum atomic E-state index is 13.1. The third-order valence-electron chi connectivity index (χ3n) is 6.29. The number of nitrogens with one attached hydrogen (secondary N) is 1. The zero-order valence-electron chi connectivity index (χ0n) is 19.6. The first kappa shape index (κ1) is 25.9. The summed E-state index contributed by atoms with van der Waals surface area (Å²) in [4.78, 5) is 5.83. The molecular formula is C25H24F3N3O4S2. The Morgan fingerprint density at radius 3 is 2.08 bits per heavy atom. The Morgan fingerprint density at radius 1 is 0.946 bits per heavy atom. The van der Waals surface area contributed by atoms with Crippen molar-refractivity contribution in [3.05, 3.63) is 72.8 Å². The van der Waals surface area contributed by atoms with Crippen molar-refractivity contribution in [3.8, 4) is 5.75 Å². The molecule has 3 aromatic carbocycles. The van der Waals surface area contributed by atoms with E-state index in [-0.39, 0.29) is 11.4 Å². The molecule has 1 saturated heterocycles. The quantitative estimate of drug-likeness (QED) is 0.492. The molecule has 0 unspecified atom stereocenters. The summed E-state index contributed by atoms with van der Waals surface area (Å²) >= 11 is 1.64. The van der Waals surface area contributed by atoms with Gasteiger partial charge in [-0.05, 0) is 55.6 Å². The number of piperidine rings is 1. The van der Waals surface area contributed by atoms with Gasteiger partial charge in [0, 0.05) is 22.9 Å². The Morgan fingerprint density at radius 2 is 1.51 bits per heavy atom. The van der Waals surface area contributed by atoms with Crippen LogP contribution in [-0.4, -0.2) is 63.1 Å². The van der Waals surface area contributed by atoms with Gasteiger partial charge in [-0.25, -0.2) is 13.1 Å². The lowest BCUT2D eigenvalue weighted by Gasteiger charge is -2.47. The Labute approximate surface area is 216 Å². The number of likely N-dealkylation sites (N-methyl/N-ethyl adjacent to an activating group) is 1. The molecule has 0 saturated carbocycles. The number of anilines is 2. The molecule has 12 heteroatoms. The van der Waals surface area contributed by atoms with Gasteiger partial charge in [0.2, 0.25) is 10.0 Å². The Balaban J connectivity index is 1.42. The van der Waals surface area contributed by atoms with Crippen LogP contribution < -0.4 is 14.4 Å². The smallest absolute Gasteiger partial charge is 0.406 e. The van der Waals surface area contributed by atoms with Crippen molar-refractivity contribution in [2.24, 2.45) is 0 Å². The number of para-hydroxylation sites is 2. The number of aliphatic hydroxyl groups is 1. The highest BCUT2D eigenvalue weighted by Gasteiger charge is 2.42. The molecule has 2 aliphatic rings. The van der Waals surface area contributed by atoms with Crippen molar-refractivity contribution in [2.45, 2.75) is 39.2 Å². The van der Waals surface area contributed by atoms with Gasteiger partial charge < -0.3 is 19.6 Å². The lowest BCUT2D eigenvalue weighted by molar-refractivity contribution is -0.274. The predicted molar refractivity (Wildman–Crippen MR) is 134 cm³/mol. The second-order valence-corrected chi connectivity index (χ2v) is 11.7. The van der Waals surface area contributed by atoms with Crippen LogP contribution in [0.25, 0.3) is 0 Å². The number of likely N-dealkylation sites (tertiary alicyclic amines) is 1. The first-order valence-electron chi connectivity index (χ1n) is 11.4. The molecule has 196 valence electrons. The molecule has 5 rings (SSSR count). The first-order chi connectivity index (χ1) is 17.5. The lowest BCUT2D eigenvalue weighted by Crippen LogP contribution is -2.64. The van der Waals surface area contributed by atoms with Gasteiger partial charge in [-0.1, -0.05) is 36.0 Å². The van der Waals surface area contributed by atoms with E-state index in [0.29, 0.717) is 6.54 Å². The van der Waals surface area contributed by atoms with Gasteiger partial charge in [0.05, 0.1) is 34.5 Å². The minimum Gasteiger partial charge on any atom is -0.406 e. The van der Waals surface area contributed by atoms with Gasteiger partial charge in [-0.15, -0.1) is 13.2 Å². The Hall–Kier alpha value is -2.77. The Kier molecular flexibility index (Phi) is 6.88. The molecule has 0 aromatic heterocycles. The fourth-order valence-electron chi connectivity index (χ4n) is 4.73. The highest BCUT2D eigenvalue weighted by molar-refractivity contribution is 7.99. The lowest BCUT2D eigenvalue weighted by atomic mass is 9.95. The van der Waals surface area contributed by atoms with Crippen LogP contribution in [0.4, 0.5) is 24.5 Å². The summed E-state index contributed by atoms with van der Waals surface area (Å²) in [6.45, 7) is 0.730. The van der Waals surface area contributed by atoms with Gasteiger partial charge >= 0.3 is 6.36 Å². The highest BCUT2D eigenvalue weighted by Crippen LogP contribution is 2.49. The number of rotatable bonds is 5. The minimum atomic E-state index is -4.88. The van der Waals surface area contributed by atoms with E-state index in [1.54, 1.807) is 11.8 Å². The van der Waals surface area contributed by atoms with E-state index >= 15 is 0 Å². The molecule has 0 spiro atoms. The van der Waals surface area contributed by atoms with Gasteiger partial charge in [0.15, 0.2) is 0 Å². The predicted octanol–water partition coefficient (Wildman–Crippen LogP) is 4.21. The number of benzene rings is 3. The van der Waals surface area contributed by atoms with Crippen LogP contribution >= 0.6 is 11.8 Å². The zero-order valence-corrected chi connectivity index (χ0v) is 21.2. The SMILES string of the molecule is CN1C[C@@H](NS(=O)(=O)c2ccc(OC(F)(F)F)cc2)[C@H](O)[C@@H](N2c3ccccc3Sc3ccccc32)C1. The summed E-state index contributed by atoms with van der Waals surface area (Å²) < 4.78 is 69.9. The Bertz CT molecular complexity index is 1340. The highest BCUT2D eigenvalue weighted by atomic mass is 32.2. The average molecular weight is 552 g/mol. The van der Waals surface area contributed by atoms with Crippen molar-refractivity contribution in [2.75, 3.05) is 25.0 Å². The molecule has 0 bridgehead atoms. The van der Waals surface area contributed by atoms with Crippen molar-refractivity contribution in [3.63, 3.8) is 0 Å². The van der Waals surface area contributed by atoms with Gasteiger partial charge in [0.25, 0.3) is 0 Å². The monoisotopic (exact) mass is 551 g/mol. The maximum Gasteiger partial charge on any atom is 0.573 e. The van der Waals surface area contributed by atoms with E-state index in [9.17, 15) is 26.7 Å². The summed E-state index contributed by atoms with van der Waals surface area (Å²) in [6.07, 6.45) is -5.96. The van der Waals surface area contributed by atoms with Gasteiger partial charge in [-0.3, -0.25) is 0 Å². The molecule has 0 radical (unpaired) electrons. The number of nitrogens with zero attached hydrogens (tertiary/aromatic N) is 2.